The number of hydrogen-bond donors (Lipinski definition) is 2. The molecule has 2 fully saturated rings. The van der Waals surface area contributed by atoms with Crippen molar-refractivity contribution in [3.8, 4) is 39.2 Å². The second-order valence-electron chi connectivity index (χ2n) is 15.3. The SMILES string of the molecule is Cc1c(-c2nc3cc(CN4CC5(CC(C(=O)O)C5)C4)cc(C#N)c3o2)cccc1-c1cccc(-c2nc3c(s2)CN(C(=O)CN(C)[C@H](C)CO)C3)c1C. The molecule has 0 unspecified atom stereocenters. The van der Waals surface area contributed by atoms with Crippen LogP contribution in [0.4, 0.5) is 0 Å². The maximum Gasteiger partial charge on any atom is 0.306 e. The van der Waals surface area contributed by atoms with Gasteiger partial charge in [0.05, 0.1) is 43.4 Å². The van der Waals surface area contributed by atoms with Gasteiger partial charge in [0.25, 0.3) is 0 Å². The Morgan fingerprint density at radius 3 is 2.40 bits per heavy atom. The quantitative estimate of drug-likeness (QED) is 0.170. The molecule has 2 aromatic heterocycles. The first-order valence-electron chi connectivity index (χ1n) is 18.0. The molecule has 3 aromatic carbocycles. The first-order valence-corrected chi connectivity index (χ1v) is 18.8. The van der Waals surface area contributed by atoms with Crippen LogP contribution in [-0.4, -0.2) is 86.1 Å². The number of nitrogens with zero attached hydrogens (tertiary/aromatic N) is 6. The predicted octanol–water partition coefficient (Wildman–Crippen LogP) is 6.23. The Morgan fingerprint density at radius 2 is 1.74 bits per heavy atom. The number of carbonyl (C=O) groups is 2. The van der Waals surface area contributed by atoms with Crippen LogP contribution in [-0.2, 0) is 29.2 Å². The Morgan fingerprint density at radius 1 is 1.06 bits per heavy atom. The fraction of sp³-hybridized carbons (Fsp3) is 0.390. The van der Waals surface area contributed by atoms with Crippen LogP contribution in [0.2, 0.25) is 0 Å². The van der Waals surface area contributed by atoms with E-state index >= 15 is 0 Å². The molecular weight excluding hydrogens is 689 g/mol. The van der Waals surface area contributed by atoms with Crippen molar-refractivity contribution in [3.05, 3.63) is 81.4 Å². The van der Waals surface area contributed by atoms with Crippen molar-refractivity contribution in [2.24, 2.45) is 11.3 Å². The second kappa shape index (κ2) is 13.5. The number of oxazole rings is 1. The van der Waals surface area contributed by atoms with E-state index in [9.17, 15) is 25.1 Å². The molecule has 53 heavy (non-hydrogen) atoms. The number of thiazole rings is 1. The van der Waals surface area contributed by atoms with Crippen LogP contribution in [0.15, 0.2) is 52.9 Å². The Kier molecular flexibility index (Phi) is 8.94. The Labute approximate surface area is 312 Å². The van der Waals surface area contributed by atoms with Gasteiger partial charge in [-0.05, 0) is 92.1 Å². The number of likely N-dealkylation sites (tertiary alicyclic amines) is 1. The molecule has 2 N–H and O–H groups in total. The van der Waals surface area contributed by atoms with E-state index in [0.717, 1.165) is 80.5 Å². The molecule has 1 atom stereocenters. The fourth-order valence-corrected chi connectivity index (χ4v) is 9.50. The highest BCUT2D eigenvalue weighted by molar-refractivity contribution is 7.15. The summed E-state index contributed by atoms with van der Waals surface area (Å²) in [4.78, 5) is 41.2. The standard InChI is InChI=1S/C41H42N6O5S/c1-23(20-48)45(4)19-36(49)47-17-34-35(18-47)53-39(44-34)32-10-6-8-30(25(32)3)29-7-5-9-31(24(29)2)38-43-33-12-26(11-27(15-42)37(33)52-38)16-46-21-41(22-46)13-28(14-41)40(50)51/h5-12,23,28,48H,13-14,16-22H2,1-4H3,(H,50,51)/t23-/m1/s1. The summed E-state index contributed by atoms with van der Waals surface area (Å²) in [5.41, 5.74) is 9.80. The summed E-state index contributed by atoms with van der Waals surface area (Å²) >= 11 is 1.63. The molecule has 1 amide bonds. The third-order valence-electron chi connectivity index (χ3n) is 11.5. The van der Waals surface area contributed by atoms with Gasteiger partial charge in [-0.2, -0.15) is 5.26 Å². The van der Waals surface area contributed by atoms with E-state index < -0.39 is 5.97 Å². The van der Waals surface area contributed by atoms with E-state index in [0.29, 0.717) is 42.2 Å². The highest BCUT2D eigenvalue weighted by atomic mass is 32.1. The molecule has 1 saturated heterocycles. The summed E-state index contributed by atoms with van der Waals surface area (Å²) < 4.78 is 6.31. The van der Waals surface area contributed by atoms with Crippen LogP contribution in [0, 0.1) is 36.5 Å². The number of carboxylic acid groups (broad SMARTS) is 1. The van der Waals surface area contributed by atoms with E-state index in [2.05, 4.69) is 49.1 Å². The number of likely N-dealkylation sites (N-methyl/N-ethyl adjacent to an activating group) is 1. The molecule has 1 saturated carbocycles. The molecule has 0 bridgehead atoms. The number of hydrogen-bond acceptors (Lipinski definition) is 10. The summed E-state index contributed by atoms with van der Waals surface area (Å²) in [6.07, 6.45) is 1.49. The van der Waals surface area contributed by atoms with Gasteiger partial charge >= 0.3 is 5.97 Å². The van der Waals surface area contributed by atoms with Crippen molar-refractivity contribution in [2.45, 2.75) is 59.3 Å². The monoisotopic (exact) mass is 730 g/mol. The fourth-order valence-electron chi connectivity index (χ4n) is 8.33. The molecule has 3 aliphatic rings. The van der Waals surface area contributed by atoms with E-state index in [1.165, 1.54) is 0 Å². The minimum Gasteiger partial charge on any atom is -0.481 e. The zero-order chi connectivity index (χ0) is 37.2. The Balaban J connectivity index is 1.01. The second-order valence-corrected chi connectivity index (χ2v) is 16.3. The first kappa shape index (κ1) is 35.1. The predicted molar refractivity (Wildman–Crippen MR) is 202 cm³/mol. The smallest absolute Gasteiger partial charge is 0.306 e. The van der Waals surface area contributed by atoms with Crippen molar-refractivity contribution in [2.75, 3.05) is 33.3 Å². The third kappa shape index (κ3) is 6.31. The lowest BCUT2D eigenvalue weighted by molar-refractivity contribution is -0.161. The van der Waals surface area contributed by atoms with Crippen LogP contribution in [0.25, 0.3) is 44.3 Å². The molecule has 11 nitrogen and oxygen atoms in total. The third-order valence-corrected chi connectivity index (χ3v) is 12.6. The van der Waals surface area contributed by atoms with E-state index in [4.69, 9.17) is 14.4 Å². The summed E-state index contributed by atoms with van der Waals surface area (Å²) in [6.45, 7) is 9.81. The molecule has 8 rings (SSSR count). The van der Waals surface area contributed by atoms with Gasteiger partial charge in [-0.1, -0.05) is 30.3 Å². The van der Waals surface area contributed by atoms with Crippen LogP contribution in [0.3, 0.4) is 0 Å². The van der Waals surface area contributed by atoms with E-state index in [-0.39, 0.29) is 36.4 Å². The van der Waals surface area contributed by atoms with E-state index in [1.807, 2.05) is 48.0 Å². The highest BCUT2D eigenvalue weighted by Crippen LogP contribution is 2.52. The van der Waals surface area contributed by atoms with Crippen LogP contribution < -0.4 is 0 Å². The van der Waals surface area contributed by atoms with Gasteiger partial charge in [0, 0.05) is 41.7 Å². The average Bonchev–Trinajstić information content (AvgIpc) is 3.82. The van der Waals surface area contributed by atoms with Gasteiger partial charge in [-0.3, -0.25) is 19.4 Å². The van der Waals surface area contributed by atoms with Gasteiger partial charge in [-0.15, -0.1) is 11.3 Å². The summed E-state index contributed by atoms with van der Waals surface area (Å²) in [6, 6.07) is 18.5. The molecule has 5 aromatic rings. The lowest BCUT2D eigenvalue weighted by atomic mass is 9.57. The molecule has 4 heterocycles. The topological polar surface area (TPSA) is 147 Å². The van der Waals surface area contributed by atoms with Crippen molar-refractivity contribution < 1.29 is 24.2 Å². The molecule has 272 valence electrons. The van der Waals surface area contributed by atoms with Crippen molar-refractivity contribution in [3.63, 3.8) is 0 Å². The lowest BCUT2D eigenvalue weighted by Crippen LogP contribution is -2.62. The first-order chi connectivity index (χ1) is 25.5. The number of benzene rings is 3. The zero-order valence-electron chi connectivity index (χ0n) is 30.3. The molecule has 12 heteroatoms. The number of amides is 1. The van der Waals surface area contributed by atoms with E-state index in [1.54, 1.807) is 11.3 Å². The normalized spacial score (nSPS) is 17.2. The minimum absolute atomic E-state index is 0.00644. The number of carboxylic acids is 1. The van der Waals surface area contributed by atoms with Crippen LogP contribution in [0.5, 0.6) is 0 Å². The van der Waals surface area contributed by atoms with Crippen molar-refractivity contribution in [1.82, 2.24) is 24.7 Å². The van der Waals surface area contributed by atoms with Gasteiger partial charge in [0.2, 0.25) is 11.8 Å². The molecule has 2 aliphatic heterocycles. The number of aliphatic hydroxyl groups excluding tert-OH is 1. The van der Waals surface area contributed by atoms with Gasteiger partial charge in [-0.25, -0.2) is 9.97 Å². The summed E-state index contributed by atoms with van der Waals surface area (Å²) in [7, 11) is 1.85. The van der Waals surface area contributed by atoms with Crippen molar-refractivity contribution in [1.29, 1.82) is 5.26 Å². The number of fused-ring (bicyclic) bond motifs is 2. The van der Waals surface area contributed by atoms with Crippen LogP contribution in [0.1, 0.15) is 52.6 Å². The summed E-state index contributed by atoms with van der Waals surface area (Å²) in [5.74, 6) is -0.413. The molecule has 0 radical (unpaired) electrons. The average molecular weight is 731 g/mol. The van der Waals surface area contributed by atoms with Gasteiger partial charge in [0.15, 0.2) is 5.58 Å². The maximum atomic E-state index is 13.0. The number of carbonyl (C=O) groups excluding carboxylic acids is 1. The zero-order valence-corrected chi connectivity index (χ0v) is 31.2. The number of aromatic nitrogens is 2. The largest absolute Gasteiger partial charge is 0.481 e. The van der Waals surface area contributed by atoms with Crippen molar-refractivity contribution >= 4 is 34.3 Å². The number of nitriles is 1. The minimum atomic E-state index is -0.693. The summed E-state index contributed by atoms with van der Waals surface area (Å²) in [5, 5.41) is 29.7. The number of rotatable bonds is 10. The number of aliphatic carboxylic acids is 1. The number of aliphatic hydroxyl groups is 1. The lowest BCUT2D eigenvalue weighted by Gasteiger charge is -2.58. The van der Waals surface area contributed by atoms with Gasteiger partial charge in [0.1, 0.15) is 16.6 Å². The van der Waals surface area contributed by atoms with Crippen LogP contribution >= 0.6 is 11.3 Å². The van der Waals surface area contributed by atoms with Gasteiger partial charge < -0.3 is 19.5 Å². The molecular formula is C41H42N6O5S. The Bertz CT molecular complexity index is 2290. The highest BCUT2D eigenvalue weighted by Gasteiger charge is 2.54. The Hall–Kier alpha value is -4.93. The maximum absolute atomic E-state index is 13.0. The molecule has 1 aliphatic carbocycles. The molecule has 1 spiro atoms.